The average Bonchev–Trinajstić information content (AvgIpc) is 3.01. The molecule has 0 radical (unpaired) electrons. The predicted molar refractivity (Wildman–Crippen MR) is 97.4 cm³/mol. The summed E-state index contributed by atoms with van der Waals surface area (Å²) < 4.78 is 5.92. The molecule has 4 rings (SSSR count). The number of furan rings is 1. The van der Waals surface area contributed by atoms with Gasteiger partial charge < -0.3 is 14.6 Å². The zero-order valence-corrected chi connectivity index (χ0v) is 14.5. The van der Waals surface area contributed by atoms with E-state index in [0.717, 1.165) is 35.9 Å². The Balaban J connectivity index is 1.62. The number of hydrogen-bond donors (Lipinski definition) is 1. The van der Waals surface area contributed by atoms with E-state index in [2.05, 4.69) is 22.2 Å². The summed E-state index contributed by atoms with van der Waals surface area (Å²) in [6.45, 7) is 4.82. The molecule has 0 aliphatic carbocycles. The highest BCUT2D eigenvalue weighted by Gasteiger charge is 2.27. The number of benzene rings is 1. The second-order valence-corrected chi connectivity index (χ2v) is 6.74. The number of carbonyl (C=O) groups is 1. The van der Waals surface area contributed by atoms with Gasteiger partial charge in [-0.15, -0.1) is 0 Å². The number of carbonyl (C=O) groups excluding carboxylic acids is 1. The van der Waals surface area contributed by atoms with Crippen molar-refractivity contribution in [2.75, 3.05) is 11.9 Å². The number of anilines is 1. The number of piperidine rings is 1. The Hall–Kier alpha value is -2.63. The molecule has 0 spiro atoms. The van der Waals surface area contributed by atoms with Crippen molar-refractivity contribution in [1.82, 2.24) is 14.9 Å². The summed E-state index contributed by atoms with van der Waals surface area (Å²) >= 11 is 0. The monoisotopic (exact) mass is 338 g/mol. The first kappa shape index (κ1) is 15.9. The molecule has 6 nitrogen and oxygen atoms in total. The van der Waals surface area contributed by atoms with Crippen LogP contribution in [0.2, 0.25) is 0 Å². The molecule has 2 aromatic heterocycles. The number of fused-ring (bicyclic) bond motifs is 3. The third-order valence-electron chi connectivity index (χ3n) is 4.97. The Morgan fingerprint density at radius 3 is 3.00 bits per heavy atom. The topological polar surface area (TPSA) is 71.3 Å². The SMILES string of the molecule is CC(Nc1ncnc2c1oc1ccccc12)C(=O)N1CCCCC1C. The van der Waals surface area contributed by atoms with Gasteiger partial charge in [-0.25, -0.2) is 9.97 Å². The summed E-state index contributed by atoms with van der Waals surface area (Å²) in [5, 5.41) is 4.18. The highest BCUT2D eigenvalue weighted by atomic mass is 16.3. The van der Waals surface area contributed by atoms with Crippen LogP contribution in [0.15, 0.2) is 35.0 Å². The highest BCUT2D eigenvalue weighted by Crippen LogP contribution is 2.30. The molecule has 1 aliphatic heterocycles. The minimum Gasteiger partial charge on any atom is -0.450 e. The van der Waals surface area contributed by atoms with Crippen molar-refractivity contribution in [2.24, 2.45) is 0 Å². The van der Waals surface area contributed by atoms with Gasteiger partial charge in [0.15, 0.2) is 11.4 Å². The molecule has 1 aliphatic rings. The van der Waals surface area contributed by atoms with Crippen LogP contribution in [0.1, 0.15) is 33.1 Å². The first-order chi connectivity index (χ1) is 12.1. The number of nitrogens with zero attached hydrogens (tertiary/aromatic N) is 3. The molecule has 3 heterocycles. The van der Waals surface area contributed by atoms with Crippen LogP contribution < -0.4 is 5.32 Å². The summed E-state index contributed by atoms with van der Waals surface area (Å²) in [5.74, 6) is 0.668. The first-order valence-corrected chi connectivity index (χ1v) is 8.84. The molecule has 25 heavy (non-hydrogen) atoms. The maximum atomic E-state index is 12.8. The van der Waals surface area contributed by atoms with Crippen molar-refractivity contribution in [2.45, 2.75) is 45.2 Å². The van der Waals surface area contributed by atoms with Crippen molar-refractivity contribution in [3.8, 4) is 0 Å². The maximum Gasteiger partial charge on any atom is 0.245 e. The molecule has 1 aromatic carbocycles. The summed E-state index contributed by atoms with van der Waals surface area (Å²) in [7, 11) is 0. The summed E-state index contributed by atoms with van der Waals surface area (Å²) in [5.41, 5.74) is 2.12. The molecule has 1 fully saturated rings. The normalized spacial score (nSPS) is 19.3. The van der Waals surface area contributed by atoms with E-state index in [1.807, 2.05) is 36.1 Å². The quantitative estimate of drug-likeness (QED) is 0.790. The molecular weight excluding hydrogens is 316 g/mol. The minimum absolute atomic E-state index is 0.107. The molecule has 1 saturated heterocycles. The number of nitrogens with one attached hydrogen (secondary N) is 1. The third-order valence-corrected chi connectivity index (χ3v) is 4.97. The van der Waals surface area contributed by atoms with E-state index in [4.69, 9.17) is 4.42 Å². The molecule has 2 atom stereocenters. The van der Waals surface area contributed by atoms with Crippen LogP contribution in [0.25, 0.3) is 22.1 Å². The van der Waals surface area contributed by atoms with Gasteiger partial charge in [-0.3, -0.25) is 4.79 Å². The Morgan fingerprint density at radius 1 is 1.32 bits per heavy atom. The van der Waals surface area contributed by atoms with Gasteiger partial charge in [0.2, 0.25) is 5.91 Å². The van der Waals surface area contributed by atoms with Crippen molar-refractivity contribution in [3.63, 3.8) is 0 Å². The van der Waals surface area contributed by atoms with Crippen molar-refractivity contribution in [1.29, 1.82) is 0 Å². The molecular formula is C19H22N4O2. The molecule has 1 amide bonds. The van der Waals surface area contributed by atoms with Crippen LogP contribution >= 0.6 is 0 Å². The number of amides is 1. The predicted octanol–water partition coefficient (Wildman–Crippen LogP) is 3.58. The van der Waals surface area contributed by atoms with E-state index in [9.17, 15) is 4.79 Å². The minimum atomic E-state index is -0.369. The molecule has 3 aromatic rings. The Kier molecular flexibility index (Phi) is 4.03. The summed E-state index contributed by atoms with van der Waals surface area (Å²) in [6.07, 6.45) is 4.84. The lowest BCUT2D eigenvalue weighted by Gasteiger charge is -2.35. The van der Waals surface area contributed by atoms with Crippen LogP contribution in [-0.2, 0) is 4.79 Å². The van der Waals surface area contributed by atoms with Gasteiger partial charge >= 0.3 is 0 Å². The lowest BCUT2D eigenvalue weighted by Crippen LogP contribution is -2.48. The average molecular weight is 338 g/mol. The fourth-order valence-electron chi connectivity index (χ4n) is 3.57. The lowest BCUT2D eigenvalue weighted by molar-refractivity contribution is -0.134. The maximum absolute atomic E-state index is 12.8. The van der Waals surface area contributed by atoms with E-state index in [-0.39, 0.29) is 11.9 Å². The van der Waals surface area contributed by atoms with Gasteiger partial charge in [0.25, 0.3) is 0 Å². The molecule has 2 unspecified atom stereocenters. The van der Waals surface area contributed by atoms with Gasteiger partial charge in [-0.1, -0.05) is 12.1 Å². The van der Waals surface area contributed by atoms with Gasteiger partial charge in [0, 0.05) is 18.0 Å². The van der Waals surface area contributed by atoms with Crippen molar-refractivity contribution >= 4 is 33.8 Å². The van der Waals surface area contributed by atoms with Crippen molar-refractivity contribution in [3.05, 3.63) is 30.6 Å². The largest absolute Gasteiger partial charge is 0.450 e. The molecule has 1 N–H and O–H groups in total. The molecule has 130 valence electrons. The second kappa shape index (κ2) is 6.35. The van der Waals surface area contributed by atoms with Crippen LogP contribution in [0.3, 0.4) is 0 Å². The smallest absolute Gasteiger partial charge is 0.245 e. The first-order valence-electron chi connectivity index (χ1n) is 8.84. The second-order valence-electron chi connectivity index (χ2n) is 6.74. The number of rotatable bonds is 3. The Morgan fingerprint density at radius 2 is 2.16 bits per heavy atom. The summed E-state index contributed by atoms with van der Waals surface area (Å²) in [4.78, 5) is 23.4. The van der Waals surface area contributed by atoms with Gasteiger partial charge in [0.1, 0.15) is 23.5 Å². The fourth-order valence-corrected chi connectivity index (χ4v) is 3.57. The van der Waals surface area contributed by atoms with Gasteiger partial charge in [-0.05, 0) is 45.2 Å². The molecule has 6 heteroatoms. The van der Waals surface area contributed by atoms with E-state index in [1.165, 1.54) is 12.7 Å². The molecule has 0 saturated carbocycles. The zero-order chi connectivity index (χ0) is 17.4. The zero-order valence-electron chi connectivity index (χ0n) is 14.5. The van der Waals surface area contributed by atoms with Gasteiger partial charge in [-0.2, -0.15) is 0 Å². The van der Waals surface area contributed by atoms with Crippen molar-refractivity contribution < 1.29 is 9.21 Å². The molecule has 0 bridgehead atoms. The van der Waals surface area contributed by atoms with Crippen LogP contribution in [-0.4, -0.2) is 39.4 Å². The van der Waals surface area contributed by atoms with E-state index in [0.29, 0.717) is 17.4 Å². The van der Waals surface area contributed by atoms with Crippen LogP contribution in [0.5, 0.6) is 0 Å². The number of hydrogen-bond acceptors (Lipinski definition) is 5. The van der Waals surface area contributed by atoms with E-state index in [1.54, 1.807) is 0 Å². The van der Waals surface area contributed by atoms with E-state index >= 15 is 0 Å². The van der Waals surface area contributed by atoms with Gasteiger partial charge in [0.05, 0.1) is 0 Å². The number of aromatic nitrogens is 2. The summed E-state index contributed by atoms with van der Waals surface area (Å²) in [6, 6.07) is 7.69. The van der Waals surface area contributed by atoms with E-state index < -0.39 is 0 Å². The standard InChI is InChI=1S/C19H22N4O2/c1-12-7-5-6-10-23(12)19(24)13(2)22-18-17-16(20-11-21-18)14-8-3-4-9-15(14)25-17/h3-4,8-9,11-13H,5-7,10H2,1-2H3,(H,20,21,22). The van der Waals surface area contributed by atoms with Crippen LogP contribution in [0, 0.1) is 0 Å². The fraction of sp³-hybridized carbons (Fsp3) is 0.421. The number of para-hydroxylation sites is 1. The number of likely N-dealkylation sites (tertiary alicyclic amines) is 1. The van der Waals surface area contributed by atoms with Crippen LogP contribution in [0.4, 0.5) is 5.82 Å². The third kappa shape index (κ3) is 2.81. The Bertz CT molecular complexity index is 920. The highest BCUT2D eigenvalue weighted by molar-refractivity contribution is 6.05. The lowest BCUT2D eigenvalue weighted by atomic mass is 10.0. The Labute approximate surface area is 146 Å².